The lowest BCUT2D eigenvalue weighted by Crippen LogP contribution is -2.46. The number of nitrogens with zero attached hydrogens (tertiary/aromatic N) is 6. The van der Waals surface area contributed by atoms with E-state index in [0.29, 0.717) is 24.1 Å². The number of pyridine rings is 1. The maximum absolute atomic E-state index is 5.92. The number of methoxy groups -OCH3 is 1. The SMILES string of the molecule is COc1ccccc1Nc1nc(N)nc(CN2CCN(c3ccncc3)CC2)n1. The van der Waals surface area contributed by atoms with Crippen LogP contribution in [-0.4, -0.2) is 58.1 Å². The quantitative estimate of drug-likeness (QED) is 0.651. The van der Waals surface area contributed by atoms with Gasteiger partial charge < -0.3 is 20.7 Å². The Hall–Kier alpha value is -3.46. The van der Waals surface area contributed by atoms with Gasteiger partial charge in [0, 0.05) is 44.3 Å². The van der Waals surface area contributed by atoms with Crippen LogP contribution in [0.15, 0.2) is 48.8 Å². The first kappa shape index (κ1) is 18.9. The Morgan fingerprint density at radius 1 is 1.00 bits per heavy atom. The minimum absolute atomic E-state index is 0.197. The molecule has 9 heteroatoms. The lowest BCUT2D eigenvalue weighted by molar-refractivity contribution is 0.244. The number of ether oxygens (including phenoxy) is 1. The van der Waals surface area contributed by atoms with Gasteiger partial charge in [-0.15, -0.1) is 0 Å². The summed E-state index contributed by atoms with van der Waals surface area (Å²) in [5.41, 5.74) is 7.90. The topological polar surface area (TPSA) is 105 Å². The highest BCUT2D eigenvalue weighted by molar-refractivity contribution is 5.62. The van der Waals surface area contributed by atoms with E-state index in [1.54, 1.807) is 7.11 Å². The molecule has 0 spiro atoms. The molecule has 1 aliphatic heterocycles. The van der Waals surface area contributed by atoms with Gasteiger partial charge in [-0.25, -0.2) is 0 Å². The fourth-order valence-electron chi connectivity index (χ4n) is 3.35. The minimum Gasteiger partial charge on any atom is -0.495 e. The van der Waals surface area contributed by atoms with E-state index in [1.807, 2.05) is 48.8 Å². The van der Waals surface area contributed by atoms with E-state index < -0.39 is 0 Å². The Bertz CT molecular complexity index is 944. The van der Waals surface area contributed by atoms with Crippen LogP contribution < -0.4 is 20.7 Å². The molecule has 3 heterocycles. The highest BCUT2D eigenvalue weighted by Gasteiger charge is 2.19. The second kappa shape index (κ2) is 8.70. The van der Waals surface area contributed by atoms with Gasteiger partial charge in [-0.05, 0) is 24.3 Å². The van der Waals surface area contributed by atoms with Gasteiger partial charge in [0.2, 0.25) is 11.9 Å². The number of piperazine rings is 1. The predicted octanol–water partition coefficient (Wildman–Crippen LogP) is 1.92. The zero-order valence-electron chi connectivity index (χ0n) is 16.3. The monoisotopic (exact) mass is 392 g/mol. The van der Waals surface area contributed by atoms with Crippen LogP contribution >= 0.6 is 0 Å². The molecule has 0 amide bonds. The second-order valence-electron chi connectivity index (χ2n) is 6.73. The lowest BCUT2D eigenvalue weighted by atomic mass is 10.2. The largest absolute Gasteiger partial charge is 0.495 e. The fourth-order valence-corrected chi connectivity index (χ4v) is 3.35. The minimum atomic E-state index is 0.197. The number of anilines is 4. The number of nitrogens with one attached hydrogen (secondary N) is 1. The van der Waals surface area contributed by atoms with Crippen LogP contribution in [0.5, 0.6) is 5.75 Å². The molecule has 1 aliphatic rings. The number of hydrogen-bond donors (Lipinski definition) is 2. The third-order valence-corrected chi connectivity index (χ3v) is 4.82. The normalized spacial score (nSPS) is 14.6. The highest BCUT2D eigenvalue weighted by Crippen LogP contribution is 2.25. The van der Waals surface area contributed by atoms with Crippen molar-refractivity contribution in [3.05, 3.63) is 54.6 Å². The van der Waals surface area contributed by atoms with Crippen molar-refractivity contribution in [1.82, 2.24) is 24.8 Å². The number of hydrogen-bond acceptors (Lipinski definition) is 9. The van der Waals surface area contributed by atoms with Crippen molar-refractivity contribution in [2.24, 2.45) is 0 Å². The van der Waals surface area contributed by atoms with Gasteiger partial charge in [0.15, 0.2) is 0 Å². The van der Waals surface area contributed by atoms with E-state index in [1.165, 1.54) is 5.69 Å². The first-order valence-electron chi connectivity index (χ1n) is 9.49. The molecule has 0 aliphatic carbocycles. The third kappa shape index (κ3) is 4.69. The van der Waals surface area contributed by atoms with Gasteiger partial charge in [-0.1, -0.05) is 12.1 Å². The van der Waals surface area contributed by atoms with Gasteiger partial charge >= 0.3 is 0 Å². The van der Waals surface area contributed by atoms with Gasteiger partial charge in [-0.2, -0.15) is 15.0 Å². The van der Waals surface area contributed by atoms with E-state index >= 15 is 0 Å². The summed E-state index contributed by atoms with van der Waals surface area (Å²) in [5.74, 6) is 1.96. The number of nitrogen functional groups attached to an aromatic ring is 1. The maximum Gasteiger partial charge on any atom is 0.232 e. The van der Waals surface area contributed by atoms with Crippen molar-refractivity contribution in [2.75, 3.05) is 49.2 Å². The molecule has 0 atom stereocenters. The lowest BCUT2D eigenvalue weighted by Gasteiger charge is -2.35. The first-order chi connectivity index (χ1) is 14.2. The molecule has 2 aromatic heterocycles. The van der Waals surface area contributed by atoms with Crippen molar-refractivity contribution < 1.29 is 4.74 Å². The summed E-state index contributed by atoms with van der Waals surface area (Å²) in [6.07, 6.45) is 3.65. The first-order valence-corrected chi connectivity index (χ1v) is 9.49. The summed E-state index contributed by atoms with van der Waals surface area (Å²) < 4.78 is 5.36. The fraction of sp³-hybridized carbons (Fsp3) is 0.300. The van der Waals surface area contributed by atoms with Crippen LogP contribution in [0.3, 0.4) is 0 Å². The molecular weight excluding hydrogens is 368 g/mol. The highest BCUT2D eigenvalue weighted by atomic mass is 16.5. The van der Waals surface area contributed by atoms with Crippen molar-refractivity contribution in [3.8, 4) is 5.75 Å². The maximum atomic E-state index is 5.92. The van der Waals surface area contributed by atoms with Crippen LogP contribution in [0.2, 0.25) is 0 Å². The van der Waals surface area contributed by atoms with Crippen molar-refractivity contribution in [2.45, 2.75) is 6.54 Å². The second-order valence-corrected chi connectivity index (χ2v) is 6.73. The average Bonchev–Trinajstić information content (AvgIpc) is 2.75. The van der Waals surface area contributed by atoms with E-state index in [2.05, 4.69) is 35.1 Å². The molecule has 3 N–H and O–H groups in total. The van der Waals surface area contributed by atoms with Crippen LogP contribution in [0, 0.1) is 0 Å². The summed E-state index contributed by atoms with van der Waals surface area (Å²) in [4.78, 5) is 21.8. The zero-order chi connectivity index (χ0) is 20.1. The molecule has 0 radical (unpaired) electrons. The number of nitrogens with two attached hydrogens (primary N) is 1. The Kier molecular flexibility index (Phi) is 5.66. The summed E-state index contributed by atoms with van der Waals surface area (Å²) >= 11 is 0. The van der Waals surface area contributed by atoms with Crippen molar-refractivity contribution in [1.29, 1.82) is 0 Å². The van der Waals surface area contributed by atoms with Gasteiger partial charge in [-0.3, -0.25) is 9.88 Å². The summed E-state index contributed by atoms with van der Waals surface area (Å²) in [5, 5.41) is 3.17. The molecule has 3 aromatic rings. The van der Waals surface area contributed by atoms with Crippen molar-refractivity contribution >= 4 is 23.3 Å². The molecular formula is C20H24N8O. The molecule has 29 heavy (non-hydrogen) atoms. The standard InChI is InChI=1S/C20H24N8O/c1-29-17-5-3-2-4-16(17)23-20-25-18(24-19(21)26-20)14-27-10-12-28(13-11-27)15-6-8-22-9-7-15/h2-9H,10-14H2,1H3,(H3,21,23,24,25,26). The third-order valence-electron chi connectivity index (χ3n) is 4.82. The average molecular weight is 392 g/mol. The predicted molar refractivity (Wildman–Crippen MR) is 112 cm³/mol. The van der Waals surface area contributed by atoms with Gasteiger partial charge in [0.25, 0.3) is 0 Å². The molecule has 4 rings (SSSR count). The summed E-state index contributed by atoms with van der Waals surface area (Å²) in [7, 11) is 1.62. The molecule has 9 nitrogen and oxygen atoms in total. The zero-order valence-corrected chi connectivity index (χ0v) is 16.3. The van der Waals surface area contributed by atoms with E-state index in [-0.39, 0.29) is 5.95 Å². The summed E-state index contributed by atoms with van der Waals surface area (Å²) in [6.45, 7) is 4.34. The Morgan fingerprint density at radius 3 is 2.52 bits per heavy atom. The molecule has 150 valence electrons. The number of aromatic nitrogens is 4. The van der Waals surface area contributed by atoms with Crippen LogP contribution in [0.25, 0.3) is 0 Å². The molecule has 1 aromatic carbocycles. The smallest absolute Gasteiger partial charge is 0.232 e. The summed E-state index contributed by atoms with van der Waals surface area (Å²) in [6, 6.07) is 11.7. The van der Waals surface area contributed by atoms with Crippen LogP contribution in [0.1, 0.15) is 5.82 Å². The molecule has 0 bridgehead atoms. The Labute approximate surface area is 169 Å². The van der Waals surface area contributed by atoms with Gasteiger partial charge in [0.05, 0.1) is 19.3 Å². The molecule has 0 saturated carbocycles. The molecule has 1 saturated heterocycles. The van der Waals surface area contributed by atoms with Crippen LogP contribution in [-0.2, 0) is 6.54 Å². The Morgan fingerprint density at radius 2 is 1.76 bits per heavy atom. The van der Waals surface area contributed by atoms with E-state index in [0.717, 1.165) is 31.9 Å². The van der Waals surface area contributed by atoms with Crippen LogP contribution in [0.4, 0.5) is 23.3 Å². The number of benzene rings is 1. The van der Waals surface area contributed by atoms with Gasteiger partial charge in [0.1, 0.15) is 11.6 Å². The number of rotatable bonds is 6. The molecule has 1 fully saturated rings. The number of para-hydroxylation sites is 2. The van der Waals surface area contributed by atoms with E-state index in [4.69, 9.17) is 10.5 Å². The Balaban J connectivity index is 1.41. The molecule has 0 unspecified atom stereocenters. The van der Waals surface area contributed by atoms with Crippen molar-refractivity contribution in [3.63, 3.8) is 0 Å². The van der Waals surface area contributed by atoms with E-state index in [9.17, 15) is 0 Å².